The second kappa shape index (κ2) is 5.87. The highest BCUT2D eigenvalue weighted by Gasteiger charge is 2.38. The van der Waals surface area contributed by atoms with Crippen molar-refractivity contribution in [1.29, 1.82) is 0 Å². The number of anilines is 1. The average molecular weight is 382 g/mol. The predicted molar refractivity (Wildman–Crippen MR) is 91.0 cm³/mol. The van der Waals surface area contributed by atoms with Gasteiger partial charge in [0.25, 0.3) is 5.91 Å². The van der Waals surface area contributed by atoms with Gasteiger partial charge in [-0.3, -0.25) is 9.69 Å². The highest BCUT2D eigenvalue weighted by molar-refractivity contribution is 9.10. The van der Waals surface area contributed by atoms with E-state index in [-0.39, 0.29) is 11.7 Å². The molecule has 1 fully saturated rings. The van der Waals surface area contributed by atoms with Gasteiger partial charge in [-0.25, -0.2) is 4.39 Å². The number of amides is 1. The van der Waals surface area contributed by atoms with Gasteiger partial charge in [0, 0.05) is 4.47 Å². The van der Waals surface area contributed by atoms with Crippen molar-refractivity contribution in [3.8, 4) is 0 Å². The first-order chi connectivity index (χ1) is 10.1. The normalized spacial score (nSPS) is 18.4. The number of thioether (sulfide) groups is 1. The van der Waals surface area contributed by atoms with Gasteiger partial charge in [-0.05, 0) is 35.9 Å². The second-order valence-electron chi connectivity index (χ2n) is 4.47. The Kier molecular flexibility index (Phi) is 4.10. The summed E-state index contributed by atoms with van der Waals surface area (Å²) >= 11 is 10.0. The van der Waals surface area contributed by atoms with E-state index in [2.05, 4.69) is 15.9 Å². The lowest BCUT2D eigenvalue weighted by Crippen LogP contribution is -2.28. The molecule has 1 saturated heterocycles. The third-order valence-electron chi connectivity index (χ3n) is 3.09. The van der Waals surface area contributed by atoms with Crippen LogP contribution < -0.4 is 4.90 Å². The molecule has 0 saturated carbocycles. The molecule has 0 aliphatic carbocycles. The molecule has 2 nitrogen and oxygen atoms in total. The third kappa shape index (κ3) is 2.88. The molecule has 0 aromatic heterocycles. The molecule has 0 N–H and O–H groups in total. The molecule has 6 heteroatoms. The highest BCUT2D eigenvalue weighted by Crippen LogP contribution is 2.42. The Morgan fingerprint density at radius 2 is 1.90 bits per heavy atom. The van der Waals surface area contributed by atoms with Crippen LogP contribution in [0.4, 0.5) is 10.1 Å². The van der Waals surface area contributed by atoms with Crippen LogP contribution in [0.3, 0.4) is 0 Å². The van der Waals surface area contributed by atoms with Crippen molar-refractivity contribution in [3.05, 3.63) is 64.4 Å². The minimum Gasteiger partial charge on any atom is -0.272 e. The molecule has 1 atom stereocenters. The maximum atomic E-state index is 13.0. The van der Waals surface area contributed by atoms with Crippen molar-refractivity contribution < 1.29 is 9.18 Å². The fraction of sp³-hybridized carbons (Fsp3) is 0.0667. The average Bonchev–Trinajstić information content (AvgIpc) is 2.75. The van der Waals surface area contributed by atoms with Crippen LogP contribution in [-0.4, -0.2) is 10.2 Å². The number of halogens is 2. The van der Waals surface area contributed by atoms with Crippen LogP contribution in [0.5, 0.6) is 0 Å². The number of benzene rings is 2. The molecule has 21 heavy (non-hydrogen) atoms. The molecule has 0 spiro atoms. The van der Waals surface area contributed by atoms with Crippen molar-refractivity contribution in [3.63, 3.8) is 0 Å². The maximum absolute atomic E-state index is 13.0. The Labute approximate surface area is 139 Å². The van der Waals surface area contributed by atoms with Gasteiger partial charge in [-0.2, -0.15) is 0 Å². The molecule has 0 bridgehead atoms. The summed E-state index contributed by atoms with van der Waals surface area (Å²) < 4.78 is 14.4. The largest absolute Gasteiger partial charge is 0.272 e. The van der Waals surface area contributed by atoms with Crippen molar-refractivity contribution in [1.82, 2.24) is 0 Å². The van der Waals surface area contributed by atoms with Crippen LogP contribution in [0.2, 0.25) is 0 Å². The molecule has 3 rings (SSSR count). The minimum atomic E-state index is -0.419. The van der Waals surface area contributed by atoms with Crippen LogP contribution in [-0.2, 0) is 4.79 Å². The van der Waals surface area contributed by atoms with Gasteiger partial charge in [0.2, 0.25) is 0 Å². The molecular formula is C15H9BrFNOS2. The highest BCUT2D eigenvalue weighted by atomic mass is 79.9. The summed E-state index contributed by atoms with van der Waals surface area (Å²) in [7, 11) is 0. The van der Waals surface area contributed by atoms with Gasteiger partial charge in [-0.1, -0.05) is 58.1 Å². The SMILES string of the molecule is O=C1C(c2ccc(F)cc2)SC(=S)N1c1cccc(Br)c1. The van der Waals surface area contributed by atoms with E-state index < -0.39 is 5.25 Å². The van der Waals surface area contributed by atoms with E-state index in [1.807, 2.05) is 24.3 Å². The number of rotatable bonds is 2. The first kappa shape index (κ1) is 14.7. The molecular weight excluding hydrogens is 373 g/mol. The van der Waals surface area contributed by atoms with Gasteiger partial charge < -0.3 is 0 Å². The summed E-state index contributed by atoms with van der Waals surface area (Å²) in [5.41, 5.74) is 1.49. The lowest BCUT2D eigenvalue weighted by molar-refractivity contribution is -0.117. The van der Waals surface area contributed by atoms with Crippen LogP contribution in [0.25, 0.3) is 0 Å². The smallest absolute Gasteiger partial charge is 0.250 e. The lowest BCUT2D eigenvalue weighted by atomic mass is 10.1. The van der Waals surface area contributed by atoms with Crippen LogP contribution in [0.1, 0.15) is 10.8 Å². The van der Waals surface area contributed by atoms with E-state index in [0.717, 1.165) is 15.7 Å². The minimum absolute atomic E-state index is 0.102. The van der Waals surface area contributed by atoms with E-state index in [9.17, 15) is 9.18 Å². The number of nitrogens with zero attached hydrogens (tertiary/aromatic N) is 1. The van der Waals surface area contributed by atoms with E-state index in [4.69, 9.17) is 12.2 Å². The fourth-order valence-electron chi connectivity index (χ4n) is 2.11. The molecule has 1 heterocycles. The van der Waals surface area contributed by atoms with Gasteiger partial charge >= 0.3 is 0 Å². The molecule has 1 amide bonds. The summed E-state index contributed by atoms with van der Waals surface area (Å²) in [5.74, 6) is -0.421. The van der Waals surface area contributed by atoms with E-state index in [0.29, 0.717) is 4.32 Å². The number of thiocarbonyl (C=S) groups is 1. The standard InChI is InChI=1S/C15H9BrFNOS2/c16-10-2-1-3-12(8-10)18-14(19)13(21-15(18)20)9-4-6-11(17)7-5-9/h1-8,13H. The zero-order valence-electron chi connectivity index (χ0n) is 10.6. The van der Waals surface area contributed by atoms with Crippen molar-refractivity contribution in [2.24, 2.45) is 0 Å². The van der Waals surface area contributed by atoms with Crippen LogP contribution in [0.15, 0.2) is 53.0 Å². The lowest BCUT2D eigenvalue weighted by Gasteiger charge is -2.16. The fourth-order valence-corrected chi connectivity index (χ4v) is 3.98. The summed E-state index contributed by atoms with van der Waals surface area (Å²) in [6, 6.07) is 13.4. The van der Waals surface area contributed by atoms with Gasteiger partial charge in [0.15, 0.2) is 0 Å². The number of hydrogen-bond acceptors (Lipinski definition) is 3. The first-order valence-electron chi connectivity index (χ1n) is 6.12. The maximum Gasteiger partial charge on any atom is 0.250 e. The van der Waals surface area contributed by atoms with Gasteiger partial charge in [0.1, 0.15) is 15.4 Å². The van der Waals surface area contributed by atoms with E-state index in [1.54, 1.807) is 12.1 Å². The van der Waals surface area contributed by atoms with Crippen LogP contribution >= 0.6 is 39.9 Å². The topological polar surface area (TPSA) is 20.3 Å². The molecule has 1 aliphatic heterocycles. The summed E-state index contributed by atoms with van der Waals surface area (Å²) in [6.07, 6.45) is 0. The molecule has 0 radical (unpaired) electrons. The first-order valence-corrected chi connectivity index (χ1v) is 8.20. The van der Waals surface area contributed by atoms with Crippen molar-refractivity contribution >= 4 is 55.8 Å². The predicted octanol–water partition coefficient (Wildman–Crippen LogP) is 4.69. The Morgan fingerprint density at radius 1 is 1.19 bits per heavy atom. The molecule has 2 aromatic rings. The zero-order valence-corrected chi connectivity index (χ0v) is 13.8. The summed E-state index contributed by atoms with van der Waals surface area (Å²) in [4.78, 5) is 14.1. The summed E-state index contributed by atoms with van der Waals surface area (Å²) in [6.45, 7) is 0. The monoisotopic (exact) mass is 381 g/mol. The Balaban J connectivity index is 1.94. The van der Waals surface area contributed by atoms with Crippen LogP contribution in [0, 0.1) is 5.82 Å². The van der Waals surface area contributed by atoms with Crippen molar-refractivity contribution in [2.75, 3.05) is 4.90 Å². The molecule has 1 aliphatic rings. The van der Waals surface area contributed by atoms with E-state index >= 15 is 0 Å². The Hall–Kier alpha value is -1.24. The molecule has 1 unspecified atom stereocenters. The molecule has 2 aromatic carbocycles. The second-order valence-corrected chi connectivity index (χ2v) is 7.12. The quantitative estimate of drug-likeness (QED) is 0.703. The Morgan fingerprint density at radius 3 is 2.57 bits per heavy atom. The van der Waals surface area contributed by atoms with E-state index in [1.165, 1.54) is 28.8 Å². The molecule has 106 valence electrons. The van der Waals surface area contributed by atoms with Gasteiger partial charge in [-0.15, -0.1) is 0 Å². The summed E-state index contributed by atoms with van der Waals surface area (Å²) in [5, 5.41) is -0.419. The number of carbonyl (C=O) groups is 1. The number of carbonyl (C=O) groups excluding carboxylic acids is 1. The third-order valence-corrected chi connectivity index (χ3v) is 5.14. The Bertz CT molecular complexity index is 720. The zero-order chi connectivity index (χ0) is 15.0. The van der Waals surface area contributed by atoms with Gasteiger partial charge in [0.05, 0.1) is 5.69 Å². The number of hydrogen-bond donors (Lipinski definition) is 0. The van der Waals surface area contributed by atoms with Crippen molar-refractivity contribution in [2.45, 2.75) is 5.25 Å².